The smallest absolute Gasteiger partial charge is 0.130 e. The molecule has 0 amide bonds. The van der Waals surface area contributed by atoms with Crippen LogP contribution in [0.5, 0.6) is 0 Å². The molecule has 0 fully saturated rings. The number of nitrogens with one attached hydrogen (secondary N) is 1. The maximum atomic E-state index is 5.83. The van der Waals surface area contributed by atoms with Crippen molar-refractivity contribution in [2.45, 2.75) is 40.2 Å². The van der Waals surface area contributed by atoms with Gasteiger partial charge in [0.2, 0.25) is 0 Å². The molecule has 0 aliphatic rings. The quantitative estimate of drug-likeness (QED) is 0.816. The van der Waals surface area contributed by atoms with Crippen molar-refractivity contribution >= 4 is 5.82 Å². The molecule has 4 heteroatoms. The van der Waals surface area contributed by atoms with E-state index in [4.69, 9.17) is 5.73 Å². The van der Waals surface area contributed by atoms with E-state index in [0.29, 0.717) is 12.5 Å². The second-order valence-corrected chi connectivity index (χ2v) is 4.84. The van der Waals surface area contributed by atoms with Crippen molar-refractivity contribution in [1.82, 2.24) is 9.97 Å². The molecular weight excluding hydrogens is 200 g/mol. The Labute approximate surface area is 97.7 Å². The van der Waals surface area contributed by atoms with Crippen LogP contribution in [0.3, 0.4) is 0 Å². The van der Waals surface area contributed by atoms with Crippen molar-refractivity contribution in [3.05, 3.63) is 17.6 Å². The number of nitrogens with two attached hydrogens (primary N) is 1. The van der Waals surface area contributed by atoms with Crippen molar-refractivity contribution in [1.29, 1.82) is 0 Å². The molecule has 0 radical (unpaired) electrons. The highest BCUT2D eigenvalue weighted by Crippen LogP contribution is 2.21. The lowest BCUT2D eigenvalue weighted by atomic mass is 9.88. The zero-order chi connectivity index (χ0) is 12.3. The number of anilines is 1. The lowest BCUT2D eigenvalue weighted by molar-refractivity contribution is 0.381. The normalized spacial score (nSPS) is 14.9. The van der Waals surface area contributed by atoms with E-state index in [9.17, 15) is 0 Å². The molecule has 0 spiro atoms. The summed E-state index contributed by atoms with van der Waals surface area (Å²) >= 11 is 0. The highest BCUT2D eigenvalue weighted by Gasteiger charge is 2.26. The van der Waals surface area contributed by atoms with Crippen LogP contribution in [0.4, 0.5) is 5.82 Å². The number of nitrogens with zero attached hydrogens (tertiary/aromatic N) is 2. The molecular formula is C12H22N4. The molecule has 1 rings (SSSR count). The summed E-state index contributed by atoms with van der Waals surface area (Å²) in [5.41, 5.74) is 6.66. The fraction of sp³-hybridized carbons (Fsp3) is 0.667. The predicted molar refractivity (Wildman–Crippen MR) is 67.4 cm³/mol. The number of hydrogen-bond donors (Lipinski definition) is 2. The van der Waals surface area contributed by atoms with Crippen LogP contribution in [0.1, 0.15) is 32.3 Å². The first-order chi connectivity index (χ1) is 7.37. The fourth-order valence-corrected chi connectivity index (χ4v) is 1.50. The highest BCUT2D eigenvalue weighted by atomic mass is 15.1. The minimum absolute atomic E-state index is 0.132. The Kier molecular flexibility index (Phi) is 3.86. The summed E-state index contributed by atoms with van der Waals surface area (Å²) in [5.74, 6) is 2.07. The molecule has 1 aromatic rings. The molecule has 0 aromatic carbocycles. The van der Waals surface area contributed by atoms with E-state index in [1.165, 1.54) is 0 Å². The molecule has 16 heavy (non-hydrogen) atoms. The second-order valence-electron chi connectivity index (χ2n) is 4.84. The van der Waals surface area contributed by atoms with Crippen LogP contribution in [0.25, 0.3) is 0 Å². The van der Waals surface area contributed by atoms with Gasteiger partial charge in [-0.2, -0.15) is 0 Å². The molecule has 90 valence electrons. The number of rotatable bonds is 4. The molecule has 1 atom stereocenters. The monoisotopic (exact) mass is 222 g/mol. The Morgan fingerprint density at radius 2 is 2.00 bits per heavy atom. The topological polar surface area (TPSA) is 63.8 Å². The van der Waals surface area contributed by atoms with Gasteiger partial charge < -0.3 is 11.1 Å². The van der Waals surface area contributed by atoms with Crippen LogP contribution in [-0.4, -0.2) is 22.1 Å². The third kappa shape index (κ3) is 2.92. The maximum absolute atomic E-state index is 5.83. The molecule has 0 aliphatic carbocycles. The van der Waals surface area contributed by atoms with E-state index in [0.717, 1.165) is 17.3 Å². The molecule has 0 saturated carbocycles. The molecule has 0 bridgehead atoms. The maximum Gasteiger partial charge on any atom is 0.130 e. The van der Waals surface area contributed by atoms with Gasteiger partial charge in [-0.05, 0) is 26.7 Å². The van der Waals surface area contributed by atoms with Gasteiger partial charge in [-0.1, -0.05) is 13.8 Å². The molecule has 1 aromatic heterocycles. The number of aryl methyl sites for hydroxylation is 2. The minimum Gasteiger partial charge on any atom is -0.363 e. The molecule has 1 unspecified atom stereocenters. The summed E-state index contributed by atoms with van der Waals surface area (Å²) in [7, 11) is 0. The standard InChI is InChI=1S/C12H22N4/c1-8(2)12(5,7-13)16-11-6-9(3)14-10(4)15-11/h6,8H,7,13H2,1-5H3,(H,14,15,16). The highest BCUT2D eigenvalue weighted by molar-refractivity contribution is 5.39. The molecule has 1 heterocycles. The Bertz CT molecular complexity index is 342. The summed E-state index contributed by atoms with van der Waals surface area (Å²) in [6, 6.07) is 1.95. The van der Waals surface area contributed by atoms with Crippen molar-refractivity contribution in [2.75, 3.05) is 11.9 Å². The fourth-order valence-electron chi connectivity index (χ4n) is 1.50. The summed E-state index contributed by atoms with van der Waals surface area (Å²) < 4.78 is 0. The van der Waals surface area contributed by atoms with Gasteiger partial charge >= 0.3 is 0 Å². The van der Waals surface area contributed by atoms with E-state index in [2.05, 4.69) is 36.1 Å². The average molecular weight is 222 g/mol. The minimum atomic E-state index is -0.132. The summed E-state index contributed by atoms with van der Waals surface area (Å²) in [6.07, 6.45) is 0. The van der Waals surface area contributed by atoms with Crippen molar-refractivity contribution < 1.29 is 0 Å². The molecule has 3 N–H and O–H groups in total. The van der Waals surface area contributed by atoms with E-state index in [1.54, 1.807) is 0 Å². The molecule has 0 saturated heterocycles. The SMILES string of the molecule is Cc1cc(NC(C)(CN)C(C)C)nc(C)n1. The Morgan fingerprint density at radius 3 is 2.44 bits per heavy atom. The van der Waals surface area contributed by atoms with Gasteiger partial charge in [-0.3, -0.25) is 0 Å². The summed E-state index contributed by atoms with van der Waals surface area (Å²) in [6.45, 7) is 10.9. The summed E-state index contributed by atoms with van der Waals surface area (Å²) in [5, 5.41) is 3.41. The van der Waals surface area contributed by atoms with E-state index >= 15 is 0 Å². The zero-order valence-corrected chi connectivity index (χ0v) is 10.8. The largest absolute Gasteiger partial charge is 0.363 e. The number of aromatic nitrogens is 2. The first-order valence-corrected chi connectivity index (χ1v) is 5.68. The Morgan fingerprint density at radius 1 is 1.38 bits per heavy atom. The number of hydrogen-bond acceptors (Lipinski definition) is 4. The zero-order valence-electron chi connectivity index (χ0n) is 10.8. The van der Waals surface area contributed by atoms with E-state index in [1.807, 2.05) is 19.9 Å². The van der Waals surface area contributed by atoms with Crippen molar-refractivity contribution in [3.63, 3.8) is 0 Å². The van der Waals surface area contributed by atoms with Gasteiger partial charge in [0, 0.05) is 18.3 Å². The van der Waals surface area contributed by atoms with Gasteiger partial charge in [-0.25, -0.2) is 9.97 Å². The summed E-state index contributed by atoms with van der Waals surface area (Å²) in [4.78, 5) is 8.62. The van der Waals surface area contributed by atoms with Crippen molar-refractivity contribution in [2.24, 2.45) is 11.7 Å². The van der Waals surface area contributed by atoms with Crippen LogP contribution in [0.2, 0.25) is 0 Å². The van der Waals surface area contributed by atoms with Gasteiger partial charge in [-0.15, -0.1) is 0 Å². The Balaban J connectivity index is 2.94. The first kappa shape index (κ1) is 12.9. The van der Waals surface area contributed by atoms with Gasteiger partial charge in [0.05, 0.1) is 5.54 Å². The van der Waals surface area contributed by atoms with E-state index in [-0.39, 0.29) is 5.54 Å². The van der Waals surface area contributed by atoms with Crippen LogP contribution in [0.15, 0.2) is 6.07 Å². The molecule has 0 aliphatic heterocycles. The average Bonchev–Trinajstić information content (AvgIpc) is 2.15. The lowest BCUT2D eigenvalue weighted by Gasteiger charge is -2.34. The van der Waals surface area contributed by atoms with Gasteiger partial charge in [0.15, 0.2) is 0 Å². The van der Waals surface area contributed by atoms with Gasteiger partial charge in [0.25, 0.3) is 0 Å². The second kappa shape index (κ2) is 4.78. The predicted octanol–water partition coefficient (Wildman–Crippen LogP) is 1.88. The molecule has 4 nitrogen and oxygen atoms in total. The van der Waals surface area contributed by atoms with Crippen molar-refractivity contribution in [3.8, 4) is 0 Å². The lowest BCUT2D eigenvalue weighted by Crippen LogP contribution is -2.47. The Hall–Kier alpha value is -1.16. The van der Waals surface area contributed by atoms with Crippen LogP contribution in [-0.2, 0) is 0 Å². The van der Waals surface area contributed by atoms with Crippen LogP contribution < -0.4 is 11.1 Å². The van der Waals surface area contributed by atoms with Crippen LogP contribution >= 0.6 is 0 Å². The van der Waals surface area contributed by atoms with Gasteiger partial charge in [0.1, 0.15) is 11.6 Å². The first-order valence-electron chi connectivity index (χ1n) is 5.68. The third-order valence-electron chi connectivity index (χ3n) is 3.08. The van der Waals surface area contributed by atoms with Crippen LogP contribution in [0, 0.1) is 19.8 Å². The third-order valence-corrected chi connectivity index (χ3v) is 3.08. The van der Waals surface area contributed by atoms with E-state index < -0.39 is 0 Å².